The molecule has 1 saturated heterocycles. The molecule has 1 aliphatic carbocycles. The summed E-state index contributed by atoms with van der Waals surface area (Å²) in [5.41, 5.74) is 0. The van der Waals surface area contributed by atoms with E-state index in [-0.39, 0.29) is 24.4 Å². The highest BCUT2D eigenvalue weighted by atomic mass is 35.5. The first-order valence-corrected chi connectivity index (χ1v) is 4.90. The monoisotopic (exact) mass is 204 g/mol. The summed E-state index contributed by atoms with van der Waals surface area (Å²) in [6.45, 7) is 1.00. The lowest BCUT2D eigenvalue weighted by atomic mass is 9.93. The predicted molar refractivity (Wildman–Crippen MR) is 54.1 cm³/mol. The lowest BCUT2D eigenvalue weighted by Gasteiger charge is -2.27. The highest BCUT2D eigenvalue weighted by Crippen LogP contribution is 2.18. The maximum atomic E-state index is 11.5. The first kappa shape index (κ1) is 10.8. The van der Waals surface area contributed by atoms with Crippen molar-refractivity contribution in [1.29, 1.82) is 0 Å². The van der Waals surface area contributed by atoms with Gasteiger partial charge < -0.3 is 10.6 Å². The molecule has 2 aliphatic rings. The lowest BCUT2D eigenvalue weighted by Crippen LogP contribution is -2.47. The second-order valence-corrected chi connectivity index (χ2v) is 3.79. The molecular weight excluding hydrogens is 188 g/mol. The maximum Gasteiger partial charge on any atom is 0.237 e. The molecule has 0 unspecified atom stereocenters. The molecule has 3 nitrogen and oxygen atoms in total. The number of carbonyl (C=O) groups excluding carboxylic acids is 1. The normalized spacial score (nSPS) is 27.5. The van der Waals surface area contributed by atoms with Crippen LogP contribution in [0.1, 0.15) is 32.1 Å². The van der Waals surface area contributed by atoms with Gasteiger partial charge in [0, 0.05) is 6.04 Å². The van der Waals surface area contributed by atoms with Gasteiger partial charge in [-0.3, -0.25) is 4.79 Å². The van der Waals surface area contributed by atoms with Crippen molar-refractivity contribution < 1.29 is 4.79 Å². The van der Waals surface area contributed by atoms with Gasteiger partial charge in [0.05, 0.1) is 6.04 Å². The molecular formula is C9H17ClN2O. The molecule has 2 fully saturated rings. The summed E-state index contributed by atoms with van der Waals surface area (Å²) in [7, 11) is 0. The van der Waals surface area contributed by atoms with Gasteiger partial charge >= 0.3 is 0 Å². The fourth-order valence-electron chi connectivity index (χ4n) is 1.76. The van der Waals surface area contributed by atoms with E-state index in [9.17, 15) is 4.79 Å². The largest absolute Gasteiger partial charge is 0.352 e. The number of hydrogen-bond acceptors (Lipinski definition) is 2. The third-order valence-corrected chi connectivity index (χ3v) is 2.83. The number of rotatable bonds is 2. The van der Waals surface area contributed by atoms with Gasteiger partial charge in [0.25, 0.3) is 0 Å². The molecule has 1 atom stereocenters. The Kier molecular flexibility index (Phi) is 4.00. The van der Waals surface area contributed by atoms with Crippen LogP contribution in [0.4, 0.5) is 0 Å². The minimum atomic E-state index is 0. The fourth-order valence-corrected chi connectivity index (χ4v) is 1.76. The molecule has 2 N–H and O–H groups in total. The van der Waals surface area contributed by atoms with Crippen LogP contribution in [-0.4, -0.2) is 24.5 Å². The highest BCUT2D eigenvalue weighted by molar-refractivity contribution is 5.85. The Morgan fingerprint density at radius 1 is 1.23 bits per heavy atom. The molecule has 0 bridgehead atoms. The van der Waals surface area contributed by atoms with E-state index in [1.807, 2.05) is 0 Å². The van der Waals surface area contributed by atoms with Crippen molar-refractivity contribution in [2.24, 2.45) is 0 Å². The minimum Gasteiger partial charge on any atom is -0.352 e. The van der Waals surface area contributed by atoms with Gasteiger partial charge in [0.15, 0.2) is 0 Å². The van der Waals surface area contributed by atoms with Gasteiger partial charge in [-0.1, -0.05) is 0 Å². The first-order chi connectivity index (χ1) is 5.86. The molecule has 0 spiro atoms. The third-order valence-electron chi connectivity index (χ3n) is 2.83. The molecule has 1 amide bonds. The molecule has 0 aromatic rings. The van der Waals surface area contributed by atoms with E-state index in [0.29, 0.717) is 6.04 Å². The van der Waals surface area contributed by atoms with Crippen molar-refractivity contribution in [2.45, 2.75) is 44.2 Å². The average Bonchev–Trinajstić information content (AvgIpc) is 2.47. The van der Waals surface area contributed by atoms with Crippen LogP contribution in [0, 0.1) is 0 Å². The van der Waals surface area contributed by atoms with Crippen LogP contribution in [0.2, 0.25) is 0 Å². The van der Waals surface area contributed by atoms with Crippen LogP contribution in [0.15, 0.2) is 0 Å². The van der Waals surface area contributed by atoms with Crippen molar-refractivity contribution in [3.8, 4) is 0 Å². The second kappa shape index (κ2) is 4.82. The maximum absolute atomic E-state index is 11.5. The summed E-state index contributed by atoms with van der Waals surface area (Å²) in [6.07, 6.45) is 5.79. The molecule has 4 heteroatoms. The Morgan fingerprint density at radius 3 is 2.46 bits per heavy atom. The standard InChI is InChI=1S/C9H16N2O.ClH/c12-9(8-5-2-6-10-8)11-7-3-1-4-7;/h7-8,10H,1-6H2,(H,11,12);1H/t8-;/m0./s1. The zero-order valence-electron chi connectivity index (χ0n) is 7.71. The van der Waals surface area contributed by atoms with Gasteiger partial charge in [-0.2, -0.15) is 0 Å². The minimum absolute atomic E-state index is 0. The summed E-state index contributed by atoms with van der Waals surface area (Å²) in [5, 5.41) is 6.25. The van der Waals surface area contributed by atoms with Crippen molar-refractivity contribution in [3.63, 3.8) is 0 Å². The molecule has 76 valence electrons. The number of carbonyl (C=O) groups is 1. The van der Waals surface area contributed by atoms with E-state index in [1.54, 1.807) is 0 Å². The van der Waals surface area contributed by atoms with Crippen molar-refractivity contribution in [1.82, 2.24) is 10.6 Å². The highest BCUT2D eigenvalue weighted by Gasteiger charge is 2.26. The average molecular weight is 205 g/mol. The Hall–Kier alpha value is -0.280. The SMILES string of the molecule is Cl.O=C(NC1CCC1)[C@@H]1CCCN1. The Morgan fingerprint density at radius 2 is 2.00 bits per heavy atom. The van der Waals surface area contributed by atoms with E-state index in [0.717, 1.165) is 19.4 Å². The van der Waals surface area contributed by atoms with Crippen LogP contribution in [0.3, 0.4) is 0 Å². The third kappa shape index (κ3) is 2.58. The van der Waals surface area contributed by atoms with Crippen molar-refractivity contribution in [2.75, 3.05) is 6.54 Å². The Bertz CT molecular complexity index is 176. The van der Waals surface area contributed by atoms with Crippen LogP contribution >= 0.6 is 12.4 Å². The zero-order chi connectivity index (χ0) is 8.39. The van der Waals surface area contributed by atoms with Crippen LogP contribution in [0.25, 0.3) is 0 Å². The van der Waals surface area contributed by atoms with Crippen LogP contribution in [0.5, 0.6) is 0 Å². The Balaban J connectivity index is 0.000000845. The van der Waals surface area contributed by atoms with Crippen LogP contribution < -0.4 is 10.6 Å². The molecule has 1 heterocycles. The summed E-state index contributed by atoms with van der Waals surface area (Å²) >= 11 is 0. The second-order valence-electron chi connectivity index (χ2n) is 3.79. The summed E-state index contributed by atoms with van der Waals surface area (Å²) in [6, 6.07) is 0.588. The first-order valence-electron chi connectivity index (χ1n) is 4.90. The molecule has 0 aromatic heterocycles. The summed E-state index contributed by atoms with van der Waals surface area (Å²) in [4.78, 5) is 11.5. The number of hydrogen-bond donors (Lipinski definition) is 2. The predicted octanol–water partition coefficient (Wildman–Crippen LogP) is 0.829. The van der Waals surface area contributed by atoms with Gasteiger partial charge in [-0.15, -0.1) is 12.4 Å². The molecule has 0 radical (unpaired) electrons. The fraction of sp³-hybridized carbons (Fsp3) is 0.889. The molecule has 1 aliphatic heterocycles. The molecule has 2 rings (SSSR count). The molecule has 13 heavy (non-hydrogen) atoms. The van der Waals surface area contributed by atoms with Crippen molar-refractivity contribution in [3.05, 3.63) is 0 Å². The Labute approximate surface area is 85.1 Å². The summed E-state index contributed by atoms with van der Waals surface area (Å²) in [5.74, 6) is 0.220. The molecule has 0 aromatic carbocycles. The van der Waals surface area contributed by atoms with Gasteiger partial charge in [-0.25, -0.2) is 0 Å². The van der Waals surface area contributed by atoms with E-state index < -0.39 is 0 Å². The van der Waals surface area contributed by atoms with Gasteiger partial charge in [-0.05, 0) is 38.6 Å². The van der Waals surface area contributed by atoms with E-state index >= 15 is 0 Å². The smallest absolute Gasteiger partial charge is 0.237 e. The number of nitrogens with one attached hydrogen (secondary N) is 2. The van der Waals surface area contributed by atoms with Crippen molar-refractivity contribution >= 4 is 18.3 Å². The molecule has 1 saturated carbocycles. The van der Waals surface area contributed by atoms with Gasteiger partial charge in [0.2, 0.25) is 5.91 Å². The quantitative estimate of drug-likeness (QED) is 0.700. The topological polar surface area (TPSA) is 41.1 Å². The lowest BCUT2D eigenvalue weighted by molar-refractivity contribution is -0.124. The van der Waals surface area contributed by atoms with E-state index in [2.05, 4.69) is 10.6 Å². The summed E-state index contributed by atoms with van der Waals surface area (Å²) < 4.78 is 0. The number of halogens is 1. The number of amides is 1. The van der Waals surface area contributed by atoms with Gasteiger partial charge in [0.1, 0.15) is 0 Å². The van der Waals surface area contributed by atoms with E-state index in [1.165, 1.54) is 19.3 Å². The van der Waals surface area contributed by atoms with Crippen LogP contribution in [-0.2, 0) is 4.79 Å². The zero-order valence-corrected chi connectivity index (χ0v) is 8.53. The van der Waals surface area contributed by atoms with E-state index in [4.69, 9.17) is 0 Å².